The first-order valence-electron chi connectivity index (χ1n) is 9.29. The largest absolute Gasteiger partial charge is 0.384 e. The first-order valence-corrected chi connectivity index (χ1v) is 9.29. The van der Waals surface area contributed by atoms with Crippen LogP contribution in [-0.2, 0) is 0 Å². The summed E-state index contributed by atoms with van der Waals surface area (Å²) < 4.78 is 42.3. The minimum absolute atomic E-state index is 0.0643. The molecule has 0 saturated carbocycles. The number of halogens is 3. The van der Waals surface area contributed by atoms with Crippen LogP contribution >= 0.6 is 0 Å². The number of hydrogen-bond donors (Lipinski definition) is 3. The molecule has 0 unspecified atom stereocenters. The van der Waals surface area contributed by atoms with Crippen molar-refractivity contribution in [3.63, 3.8) is 0 Å². The van der Waals surface area contributed by atoms with E-state index in [-0.39, 0.29) is 24.2 Å². The van der Waals surface area contributed by atoms with Crippen LogP contribution in [-0.4, -0.2) is 28.2 Å². The third-order valence-corrected chi connectivity index (χ3v) is 4.51. The fourth-order valence-electron chi connectivity index (χ4n) is 2.94. The average molecular weight is 417 g/mol. The second-order valence-corrected chi connectivity index (χ2v) is 7.58. The molecule has 0 aliphatic heterocycles. The molecule has 2 heterocycles. The predicted molar refractivity (Wildman–Crippen MR) is 111 cm³/mol. The molecule has 6 nitrogen and oxygen atoms in total. The molecule has 2 aromatic heterocycles. The van der Waals surface area contributed by atoms with E-state index in [2.05, 4.69) is 20.6 Å². The summed E-state index contributed by atoms with van der Waals surface area (Å²) in [6, 6.07) is 4.45. The number of anilines is 2. The monoisotopic (exact) mass is 417 g/mol. The van der Waals surface area contributed by atoms with Crippen molar-refractivity contribution < 1.29 is 18.0 Å². The highest BCUT2D eigenvalue weighted by Crippen LogP contribution is 2.32. The number of carbonyl (C=O) groups excluding carboxylic acids is 1. The standard InChI is InChI=1S/C21H22F3N5O/c1-11-13(6-12-10-27-19(25)9-17(12)28-11)14-7-18(16(23)8-15(14)22)29-20(30)26-5-4-21(2,3)24/h6-10H,4-5H2,1-3H3,(H2,25,27)(H2,26,29,30). The fraction of sp³-hybridized carbons (Fsp3) is 0.286. The summed E-state index contributed by atoms with van der Waals surface area (Å²) in [7, 11) is 0. The predicted octanol–water partition coefficient (Wildman–Crippen LogP) is 4.73. The van der Waals surface area contributed by atoms with Gasteiger partial charge in [-0.3, -0.25) is 4.98 Å². The summed E-state index contributed by atoms with van der Waals surface area (Å²) in [5.41, 5.74) is 5.61. The van der Waals surface area contributed by atoms with Crippen LogP contribution in [0.15, 0.2) is 30.5 Å². The lowest BCUT2D eigenvalue weighted by Gasteiger charge is -2.15. The van der Waals surface area contributed by atoms with Gasteiger partial charge in [-0.2, -0.15) is 0 Å². The van der Waals surface area contributed by atoms with E-state index in [4.69, 9.17) is 5.73 Å². The molecule has 9 heteroatoms. The van der Waals surface area contributed by atoms with E-state index in [1.807, 2.05) is 0 Å². The molecule has 0 aliphatic rings. The van der Waals surface area contributed by atoms with Gasteiger partial charge in [-0.25, -0.2) is 22.9 Å². The lowest BCUT2D eigenvalue weighted by Crippen LogP contribution is -2.32. The van der Waals surface area contributed by atoms with Crippen LogP contribution in [0.5, 0.6) is 0 Å². The Morgan fingerprint density at radius 1 is 1.13 bits per heavy atom. The molecule has 0 radical (unpaired) electrons. The van der Waals surface area contributed by atoms with Crippen LogP contribution < -0.4 is 16.4 Å². The van der Waals surface area contributed by atoms with E-state index in [0.29, 0.717) is 34.0 Å². The van der Waals surface area contributed by atoms with E-state index in [0.717, 1.165) is 0 Å². The van der Waals surface area contributed by atoms with Crippen LogP contribution in [0.3, 0.4) is 0 Å². The average Bonchev–Trinajstić information content (AvgIpc) is 2.62. The van der Waals surface area contributed by atoms with Gasteiger partial charge in [0.2, 0.25) is 0 Å². The molecule has 30 heavy (non-hydrogen) atoms. The summed E-state index contributed by atoms with van der Waals surface area (Å²) in [4.78, 5) is 20.4. The van der Waals surface area contributed by atoms with Crippen molar-refractivity contribution in [3.05, 3.63) is 47.8 Å². The zero-order valence-electron chi connectivity index (χ0n) is 16.8. The number of urea groups is 1. The summed E-state index contributed by atoms with van der Waals surface area (Å²) in [5.74, 6) is -1.42. The number of hydrogen-bond acceptors (Lipinski definition) is 4. The molecule has 2 amide bonds. The van der Waals surface area contributed by atoms with Crippen molar-refractivity contribution in [1.82, 2.24) is 15.3 Å². The minimum atomic E-state index is -1.44. The van der Waals surface area contributed by atoms with Gasteiger partial charge in [0, 0.05) is 47.1 Å². The lowest BCUT2D eigenvalue weighted by molar-refractivity contribution is 0.200. The van der Waals surface area contributed by atoms with Crippen molar-refractivity contribution in [2.45, 2.75) is 32.9 Å². The number of pyridine rings is 2. The van der Waals surface area contributed by atoms with Crippen molar-refractivity contribution in [1.29, 1.82) is 0 Å². The Labute approximate surface area is 171 Å². The number of nitrogen functional groups attached to an aromatic ring is 1. The number of fused-ring (bicyclic) bond motifs is 1. The number of aromatic nitrogens is 2. The normalized spacial score (nSPS) is 11.5. The molecule has 1 aromatic carbocycles. The highest BCUT2D eigenvalue weighted by molar-refractivity contribution is 5.91. The minimum Gasteiger partial charge on any atom is -0.384 e. The highest BCUT2D eigenvalue weighted by atomic mass is 19.1. The fourth-order valence-corrected chi connectivity index (χ4v) is 2.94. The first-order chi connectivity index (χ1) is 14.0. The van der Waals surface area contributed by atoms with E-state index >= 15 is 0 Å². The summed E-state index contributed by atoms with van der Waals surface area (Å²) in [6.45, 7) is 4.53. The van der Waals surface area contributed by atoms with Crippen LogP contribution in [0, 0.1) is 18.6 Å². The molecule has 3 aromatic rings. The number of nitrogens with one attached hydrogen (secondary N) is 2. The second kappa shape index (κ2) is 8.17. The Bertz CT molecular complexity index is 1110. The van der Waals surface area contributed by atoms with Crippen LogP contribution in [0.1, 0.15) is 26.0 Å². The molecule has 0 atom stereocenters. The Morgan fingerprint density at radius 3 is 2.57 bits per heavy atom. The maximum atomic E-state index is 14.6. The summed E-state index contributed by atoms with van der Waals surface area (Å²) in [6.07, 6.45) is 1.61. The molecular weight excluding hydrogens is 395 g/mol. The molecule has 0 saturated heterocycles. The number of aryl methyl sites for hydroxylation is 1. The molecule has 0 fully saturated rings. The van der Waals surface area contributed by atoms with E-state index < -0.39 is 23.3 Å². The Hall–Kier alpha value is -3.36. The third kappa shape index (κ3) is 4.97. The van der Waals surface area contributed by atoms with Crippen molar-refractivity contribution in [2.75, 3.05) is 17.6 Å². The number of carbonyl (C=O) groups is 1. The van der Waals surface area contributed by atoms with Gasteiger partial charge in [0.05, 0.1) is 11.2 Å². The molecular formula is C21H22F3N5O. The highest BCUT2D eigenvalue weighted by Gasteiger charge is 2.18. The van der Waals surface area contributed by atoms with Gasteiger partial charge in [-0.15, -0.1) is 0 Å². The zero-order valence-corrected chi connectivity index (χ0v) is 16.8. The Kier molecular flexibility index (Phi) is 5.82. The number of benzene rings is 1. The van der Waals surface area contributed by atoms with Crippen LogP contribution in [0.25, 0.3) is 22.0 Å². The van der Waals surface area contributed by atoms with Gasteiger partial charge in [-0.05, 0) is 39.3 Å². The quantitative estimate of drug-likeness (QED) is 0.560. The van der Waals surface area contributed by atoms with Crippen molar-refractivity contribution in [3.8, 4) is 11.1 Å². The summed E-state index contributed by atoms with van der Waals surface area (Å²) in [5, 5.41) is 5.42. The van der Waals surface area contributed by atoms with E-state index in [1.165, 1.54) is 26.1 Å². The van der Waals surface area contributed by atoms with E-state index in [1.54, 1.807) is 19.1 Å². The smallest absolute Gasteiger partial charge is 0.319 e. The van der Waals surface area contributed by atoms with Gasteiger partial charge in [0.1, 0.15) is 23.1 Å². The number of alkyl halides is 1. The lowest BCUT2D eigenvalue weighted by atomic mass is 10.0. The maximum absolute atomic E-state index is 14.6. The van der Waals surface area contributed by atoms with E-state index in [9.17, 15) is 18.0 Å². The molecule has 158 valence electrons. The molecule has 4 N–H and O–H groups in total. The topological polar surface area (TPSA) is 92.9 Å². The molecule has 3 rings (SSSR count). The van der Waals surface area contributed by atoms with Crippen LogP contribution in [0.2, 0.25) is 0 Å². The van der Waals surface area contributed by atoms with Crippen molar-refractivity contribution in [2.24, 2.45) is 0 Å². The molecule has 0 bridgehead atoms. The van der Waals surface area contributed by atoms with Crippen LogP contribution in [0.4, 0.5) is 29.5 Å². The zero-order chi connectivity index (χ0) is 22.1. The summed E-state index contributed by atoms with van der Waals surface area (Å²) >= 11 is 0. The number of nitrogens with two attached hydrogens (primary N) is 1. The van der Waals surface area contributed by atoms with Gasteiger partial charge in [-0.1, -0.05) is 0 Å². The first kappa shape index (κ1) is 21.4. The Balaban J connectivity index is 1.90. The van der Waals surface area contributed by atoms with Gasteiger partial charge >= 0.3 is 6.03 Å². The number of rotatable bonds is 5. The third-order valence-electron chi connectivity index (χ3n) is 4.51. The van der Waals surface area contributed by atoms with Gasteiger partial charge in [0.15, 0.2) is 0 Å². The molecule has 0 aliphatic carbocycles. The van der Waals surface area contributed by atoms with Gasteiger partial charge < -0.3 is 16.4 Å². The Morgan fingerprint density at radius 2 is 1.87 bits per heavy atom. The van der Waals surface area contributed by atoms with Crippen molar-refractivity contribution >= 4 is 28.4 Å². The molecule has 0 spiro atoms. The second-order valence-electron chi connectivity index (χ2n) is 7.58. The maximum Gasteiger partial charge on any atom is 0.319 e. The number of nitrogens with zero attached hydrogens (tertiary/aromatic N) is 2. The van der Waals surface area contributed by atoms with Gasteiger partial charge in [0.25, 0.3) is 0 Å². The SMILES string of the molecule is Cc1nc2cc(N)ncc2cc1-c1cc(NC(=O)NCCC(C)(C)F)c(F)cc1F. The number of amides is 2.